The molecule has 0 aliphatic carbocycles. The molecule has 0 bridgehead atoms. The van der Waals surface area contributed by atoms with Crippen LogP contribution in [0.2, 0.25) is 0 Å². The van der Waals surface area contributed by atoms with Crippen LogP contribution in [0.25, 0.3) is 11.3 Å². The zero-order chi connectivity index (χ0) is 12.4. The van der Waals surface area contributed by atoms with Gasteiger partial charge >= 0.3 is 0 Å². The van der Waals surface area contributed by atoms with Gasteiger partial charge in [-0.3, -0.25) is 0 Å². The van der Waals surface area contributed by atoms with Crippen molar-refractivity contribution in [3.63, 3.8) is 0 Å². The van der Waals surface area contributed by atoms with Gasteiger partial charge in [0.2, 0.25) is 0 Å². The van der Waals surface area contributed by atoms with Gasteiger partial charge in [-0.1, -0.05) is 47.2 Å². The largest absolute Gasteiger partial charge is 0.399 e. The maximum Gasteiger partial charge on any atom is 0.169 e. The van der Waals surface area contributed by atoms with E-state index in [0.717, 1.165) is 34.4 Å². The van der Waals surface area contributed by atoms with Gasteiger partial charge in [0.15, 0.2) is 5.16 Å². The minimum atomic E-state index is 0.971. The van der Waals surface area contributed by atoms with E-state index in [1.54, 1.807) is 25.1 Å². The molecule has 0 amide bonds. The zero-order valence-electron chi connectivity index (χ0n) is 10.0. The minimum absolute atomic E-state index is 0.971. The molecule has 1 aromatic heterocycles. The normalized spacial score (nSPS) is 14.1. The molecule has 2 aromatic rings. The average molecular weight is 259 g/mol. The van der Waals surface area contributed by atoms with Crippen molar-refractivity contribution in [1.29, 1.82) is 0 Å². The maximum atomic E-state index is 4.79. The molecule has 0 saturated heterocycles. The van der Waals surface area contributed by atoms with Gasteiger partial charge in [-0.15, -0.1) is 0 Å². The lowest BCUT2D eigenvalue weighted by molar-refractivity contribution is 0.215. The summed E-state index contributed by atoms with van der Waals surface area (Å²) in [5.41, 5.74) is 3.10. The molecule has 1 aliphatic heterocycles. The van der Waals surface area contributed by atoms with E-state index in [9.17, 15) is 0 Å². The van der Waals surface area contributed by atoms with E-state index in [4.69, 9.17) is 9.82 Å². The second kappa shape index (κ2) is 4.86. The molecular formula is C13H13N3OS. The monoisotopic (exact) mass is 259 g/mol. The Hall–Kier alpha value is -1.75. The highest BCUT2D eigenvalue weighted by Gasteiger charge is 2.21. The van der Waals surface area contributed by atoms with E-state index in [1.165, 1.54) is 0 Å². The lowest BCUT2D eigenvalue weighted by atomic mass is 10.1. The first-order chi connectivity index (χ1) is 8.90. The van der Waals surface area contributed by atoms with Crippen molar-refractivity contribution < 1.29 is 4.84 Å². The van der Waals surface area contributed by atoms with E-state index in [2.05, 4.69) is 21.9 Å². The van der Waals surface area contributed by atoms with Crippen molar-refractivity contribution in [1.82, 2.24) is 9.55 Å². The highest BCUT2D eigenvalue weighted by Crippen LogP contribution is 2.32. The number of nitrogens with zero attached hydrogens (tertiary/aromatic N) is 3. The third-order valence-electron chi connectivity index (χ3n) is 2.85. The quantitative estimate of drug-likeness (QED) is 0.628. The van der Waals surface area contributed by atoms with Crippen LogP contribution in [0.4, 0.5) is 0 Å². The van der Waals surface area contributed by atoms with E-state index in [1.807, 2.05) is 18.2 Å². The second-order valence-electron chi connectivity index (χ2n) is 3.91. The van der Waals surface area contributed by atoms with Crippen molar-refractivity contribution in [3.8, 4) is 11.3 Å². The number of oxime groups is 1. The molecule has 3 rings (SSSR count). The van der Waals surface area contributed by atoms with Gasteiger partial charge in [0.25, 0.3) is 0 Å². The summed E-state index contributed by atoms with van der Waals surface area (Å²) in [5, 5.41) is 4.94. The number of thioether (sulfide) groups is 1. The lowest BCUT2D eigenvalue weighted by Gasteiger charge is -2.02. The molecule has 0 radical (unpaired) electrons. The van der Waals surface area contributed by atoms with Crippen LogP contribution in [-0.4, -0.2) is 28.6 Å². The Kier molecular flexibility index (Phi) is 3.06. The highest BCUT2D eigenvalue weighted by atomic mass is 32.2. The molecule has 0 spiro atoms. The predicted octanol–water partition coefficient (Wildman–Crippen LogP) is 2.64. The summed E-state index contributed by atoms with van der Waals surface area (Å²) in [6, 6.07) is 10.2. The van der Waals surface area contributed by atoms with Crippen molar-refractivity contribution in [2.75, 3.05) is 12.9 Å². The smallest absolute Gasteiger partial charge is 0.169 e. The highest BCUT2D eigenvalue weighted by molar-refractivity contribution is 7.99. The molecule has 5 heteroatoms. The fraction of sp³-hybridized carbons (Fsp3) is 0.231. The first-order valence-corrected chi connectivity index (χ1v) is 6.74. The van der Waals surface area contributed by atoms with Crippen LogP contribution in [0.15, 0.2) is 40.6 Å². The van der Waals surface area contributed by atoms with E-state index in [0.29, 0.717) is 0 Å². The number of aromatic nitrogens is 2. The van der Waals surface area contributed by atoms with Gasteiger partial charge in [0.1, 0.15) is 7.11 Å². The van der Waals surface area contributed by atoms with Crippen LogP contribution in [0, 0.1) is 0 Å². The molecule has 0 saturated carbocycles. The van der Waals surface area contributed by atoms with Crippen LogP contribution < -0.4 is 0 Å². The number of hydrogen-bond acceptors (Lipinski definition) is 4. The predicted molar refractivity (Wildman–Crippen MR) is 73.0 cm³/mol. The Morgan fingerprint density at radius 3 is 3.00 bits per heavy atom. The van der Waals surface area contributed by atoms with Gasteiger partial charge in [0.05, 0.1) is 17.6 Å². The van der Waals surface area contributed by atoms with Crippen LogP contribution >= 0.6 is 11.8 Å². The molecule has 18 heavy (non-hydrogen) atoms. The van der Waals surface area contributed by atoms with Crippen LogP contribution in [0.5, 0.6) is 0 Å². The number of hydrogen-bond donors (Lipinski definition) is 0. The molecule has 0 fully saturated rings. The summed E-state index contributed by atoms with van der Waals surface area (Å²) < 4.78 is 2.19. The Bertz CT molecular complexity index is 577. The zero-order valence-corrected chi connectivity index (χ0v) is 10.9. The summed E-state index contributed by atoms with van der Waals surface area (Å²) in [5.74, 6) is 1.07. The van der Waals surface area contributed by atoms with Crippen LogP contribution in [0.1, 0.15) is 5.69 Å². The number of rotatable bonds is 3. The molecule has 0 N–H and O–H groups in total. The number of imidazole rings is 1. The lowest BCUT2D eigenvalue weighted by Crippen LogP contribution is -2.00. The molecule has 92 valence electrons. The third-order valence-corrected chi connectivity index (χ3v) is 3.80. The summed E-state index contributed by atoms with van der Waals surface area (Å²) in [6.45, 7) is 0.977. The van der Waals surface area contributed by atoms with E-state index < -0.39 is 0 Å². The first-order valence-electron chi connectivity index (χ1n) is 5.75. The fourth-order valence-electron chi connectivity index (χ4n) is 2.04. The topological polar surface area (TPSA) is 39.4 Å². The minimum Gasteiger partial charge on any atom is -0.399 e. The molecule has 1 aromatic carbocycles. The summed E-state index contributed by atoms with van der Waals surface area (Å²) >= 11 is 1.78. The van der Waals surface area contributed by atoms with Crippen molar-refractivity contribution >= 4 is 18.0 Å². The average Bonchev–Trinajstić information content (AvgIpc) is 2.98. The summed E-state index contributed by atoms with van der Waals surface area (Å²) in [6.07, 6.45) is 1.74. The fourth-order valence-corrected chi connectivity index (χ4v) is 3.00. The van der Waals surface area contributed by atoms with Gasteiger partial charge in [0, 0.05) is 17.9 Å². The Morgan fingerprint density at radius 1 is 1.39 bits per heavy atom. The molecule has 2 heterocycles. The van der Waals surface area contributed by atoms with Crippen LogP contribution in [-0.2, 0) is 11.4 Å². The number of fused-ring (bicyclic) bond motifs is 1. The first kappa shape index (κ1) is 11.3. The van der Waals surface area contributed by atoms with Crippen LogP contribution in [0.3, 0.4) is 0 Å². The SMILES string of the molecule is CON=Cc1c(-c2ccccc2)nc2n1CCS2. The Labute approximate surface area is 110 Å². The maximum absolute atomic E-state index is 4.79. The molecule has 0 unspecified atom stereocenters. The summed E-state index contributed by atoms with van der Waals surface area (Å²) in [7, 11) is 1.55. The molecule has 0 atom stereocenters. The second-order valence-corrected chi connectivity index (χ2v) is 4.97. The van der Waals surface area contributed by atoms with Crippen molar-refractivity contribution in [3.05, 3.63) is 36.0 Å². The van der Waals surface area contributed by atoms with Gasteiger partial charge in [-0.2, -0.15) is 0 Å². The molecular weight excluding hydrogens is 246 g/mol. The Balaban J connectivity index is 2.12. The number of benzene rings is 1. The van der Waals surface area contributed by atoms with Crippen molar-refractivity contribution in [2.24, 2.45) is 5.16 Å². The van der Waals surface area contributed by atoms with Gasteiger partial charge in [-0.05, 0) is 0 Å². The molecule has 1 aliphatic rings. The molecule has 4 nitrogen and oxygen atoms in total. The van der Waals surface area contributed by atoms with Gasteiger partial charge < -0.3 is 9.40 Å². The summed E-state index contributed by atoms with van der Waals surface area (Å²) in [4.78, 5) is 9.48. The Morgan fingerprint density at radius 2 is 2.22 bits per heavy atom. The third kappa shape index (κ3) is 1.90. The van der Waals surface area contributed by atoms with Gasteiger partial charge in [-0.25, -0.2) is 4.98 Å². The van der Waals surface area contributed by atoms with E-state index >= 15 is 0 Å². The standard InChI is InChI=1S/C13H13N3OS/c1-17-14-9-11-12(10-5-3-2-4-6-10)15-13-16(11)7-8-18-13/h2-6,9H,7-8H2,1H3. The van der Waals surface area contributed by atoms with Crippen molar-refractivity contribution in [2.45, 2.75) is 11.7 Å². The van der Waals surface area contributed by atoms with E-state index in [-0.39, 0.29) is 0 Å².